The van der Waals surface area contributed by atoms with Gasteiger partial charge in [-0.25, -0.2) is 8.42 Å². The first-order valence-corrected chi connectivity index (χ1v) is 9.46. The van der Waals surface area contributed by atoms with Crippen LogP contribution in [-0.4, -0.2) is 19.7 Å². The Hall–Kier alpha value is -2.71. The molecule has 0 unspecified atom stereocenters. The Balaban J connectivity index is 2.29. The lowest BCUT2D eigenvalue weighted by atomic mass is 9.90. The van der Waals surface area contributed by atoms with Crippen molar-refractivity contribution in [3.63, 3.8) is 0 Å². The third-order valence-electron chi connectivity index (χ3n) is 3.94. The number of benzene rings is 1. The van der Waals surface area contributed by atoms with Gasteiger partial charge < -0.3 is 0 Å². The Bertz CT molecular complexity index is 982. The van der Waals surface area contributed by atoms with Gasteiger partial charge in [-0.3, -0.25) is 4.98 Å². The van der Waals surface area contributed by atoms with Crippen molar-refractivity contribution in [1.82, 2.24) is 4.98 Å². The van der Waals surface area contributed by atoms with Crippen LogP contribution in [0.3, 0.4) is 0 Å². The Kier molecular flexibility index (Phi) is 4.32. The van der Waals surface area contributed by atoms with Crippen LogP contribution < -0.4 is 0 Å². The maximum atomic E-state index is 12.5. The molecule has 120 valence electrons. The molecule has 3 rings (SSSR count). The van der Waals surface area contributed by atoms with Gasteiger partial charge in [0.05, 0.1) is 22.2 Å². The molecule has 0 bridgehead atoms. The first kappa shape index (κ1) is 16.2. The van der Waals surface area contributed by atoms with Gasteiger partial charge in [0.1, 0.15) is 0 Å². The number of nitrogens with zero attached hydrogens (tertiary/aromatic N) is 2. The number of allylic oxidation sites excluding steroid dienone is 3. The molecule has 0 fully saturated rings. The molecular weight excluding hydrogens is 320 g/mol. The minimum absolute atomic E-state index is 0.273. The van der Waals surface area contributed by atoms with Gasteiger partial charge in [-0.05, 0) is 42.2 Å². The number of nitriles is 1. The summed E-state index contributed by atoms with van der Waals surface area (Å²) in [7, 11) is -3.48. The molecule has 1 heterocycles. The predicted octanol–water partition coefficient (Wildman–Crippen LogP) is 3.59. The molecule has 1 aromatic carbocycles. The van der Waals surface area contributed by atoms with Crippen molar-refractivity contribution < 1.29 is 8.42 Å². The number of rotatable bonds is 3. The van der Waals surface area contributed by atoms with Crippen LogP contribution in [0.5, 0.6) is 0 Å². The fraction of sp³-hybridized carbons (Fsp3) is 0.158. The van der Waals surface area contributed by atoms with Crippen LogP contribution in [-0.2, 0) is 9.84 Å². The first-order valence-electron chi connectivity index (χ1n) is 7.57. The Morgan fingerprint density at radius 1 is 1.12 bits per heavy atom. The van der Waals surface area contributed by atoms with Crippen molar-refractivity contribution in [1.29, 1.82) is 5.26 Å². The molecular formula is C19H16N2O2S. The maximum Gasteiger partial charge on any atom is 0.176 e. The molecule has 0 saturated heterocycles. The highest BCUT2D eigenvalue weighted by Crippen LogP contribution is 2.40. The highest BCUT2D eigenvalue weighted by molar-refractivity contribution is 7.95. The summed E-state index contributed by atoms with van der Waals surface area (Å²) in [5.74, 6) is 0. The van der Waals surface area contributed by atoms with Gasteiger partial charge >= 0.3 is 0 Å². The molecule has 0 atom stereocenters. The molecule has 1 aliphatic carbocycles. The summed E-state index contributed by atoms with van der Waals surface area (Å²) in [5.41, 5.74) is 3.09. The van der Waals surface area contributed by atoms with Gasteiger partial charge in [0.25, 0.3) is 0 Å². The standard InChI is InChI=1S/C19H16N2O2S/c1-24(22,23)19-16(15-8-3-2-7-14(15)13-20)9-6-10-17(19)18-11-4-5-12-21-18/h2-5,7-9,11-12H,6,10H2,1H3. The lowest BCUT2D eigenvalue weighted by molar-refractivity contribution is 0.608. The third-order valence-corrected chi connectivity index (χ3v) is 5.15. The minimum Gasteiger partial charge on any atom is -0.257 e. The van der Waals surface area contributed by atoms with E-state index in [0.717, 1.165) is 0 Å². The second-order valence-electron chi connectivity index (χ2n) is 5.61. The Morgan fingerprint density at radius 3 is 2.54 bits per heavy atom. The number of sulfone groups is 1. The SMILES string of the molecule is CS(=O)(=O)C1=C(c2ccccn2)CCC=C1c1ccccc1C#N. The summed E-state index contributed by atoms with van der Waals surface area (Å²) in [6, 6.07) is 14.7. The fourth-order valence-electron chi connectivity index (χ4n) is 2.99. The van der Waals surface area contributed by atoms with Gasteiger partial charge in [0.15, 0.2) is 9.84 Å². The number of aromatic nitrogens is 1. The molecule has 5 heteroatoms. The van der Waals surface area contributed by atoms with Crippen LogP contribution in [0.15, 0.2) is 59.6 Å². The number of pyridine rings is 1. The lowest BCUT2D eigenvalue weighted by Crippen LogP contribution is -2.11. The van der Waals surface area contributed by atoms with Crippen molar-refractivity contribution in [3.8, 4) is 6.07 Å². The number of hydrogen-bond acceptors (Lipinski definition) is 4. The first-order chi connectivity index (χ1) is 11.5. The molecule has 0 radical (unpaired) electrons. The van der Waals surface area contributed by atoms with Crippen LogP contribution in [0.2, 0.25) is 0 Å². The van der Waals surface area contributed by atoms with E-state index in [0.29, 0.717) is 40.8 Å². The largest absolute Gasteiger partial charge is 0.257 e. The zero-order valence-electron chi connectivity index (χ0n) is 13.2. The van der Waals surface area contributed by atoms with E-state index in [4.69, 9.17) is 0 Å². The predicted molar refractivity (Wildman–Crippen MR) is 94.4 cm³/mol. The van der Waals surface area contributed by atoms with Gasteiger partial charge in [-0.1, -0.05) is 30.3 Å². The summed E-state index contributed by atoms with van der Waals surface area (Å²) in [4.78, 5) is 4.60. The lowest BCUT2D eigenvalue weighted by Gasteiger charge is -2.21. The van der Waals surface area contributed by atoms with Crippen molar-refractivity contribution >= 4 is 21.0 Å². The van der Waals surface area contributed by atoms with E-state index in [9.17, 15) is 13.7 Å². The Morgan fingerprint density at radius 2 is 1.88 bits per heavy atom. The van der Waals surface area contributed by atoms with Crippen molar-refractivity contribution in [3.05, 3.63) is 76.5 Å². The van der Waals surface area contributed by atoms with Crippen LogP contribution in [0.4, 0.5) is 0 Å². The summed E-state index contributed by atoms with van der Waals surface area (Å²) < 4.78 is 25.1. The van der Waals surface area contributed by atoms with Crippen molar-refractivity contribution in [2.24, 2.45) is 0 Å². The third kappa shape index (κ3) is 3.01. The zero-order valence-corrected chi connectivity index (χ0v) is 14.0. The molecule has 0 amide bonds. The number of hydrogen-bond donors (Lipinski definition) is 0. The van der Waals surface area contributed by atoms with Crippen LogP contribution in [0.25, 0.3) is 11.1 Å². The van der Waals surface area contributed by atoms with Crippen molar-refractivity contribution in [2.45, 2.75) is 12.8 Å². The van der Waals surface area contributed by atoms with Crippen LogP contribution in [0.1, 0.15) is 29.7 Å². The van der Waals surface area contributed by atoms with Crippen LogP contribution in [0, 0.1) is 11.3 Å². The van der Waals surface area contributed by atoms with E-state index in [1.54, 1.807) is 30.5 Å². The van der Waals surface area contributed by atoms with E-state index in [-0.39, 0.29) is 4.91 Å². The van der Waals surface area contributed by atoms with E-state index in [1.165, 1.54) is 6.26 Å². The van der Waals surface area contributed by atoms with Gasteiger partial charge in [0.2, 0.25) is 0 Å². The Labute approximate surface area is 141 Å². The normalized spacial score (nSPS) is 14.9. The quantitative estimate of drug-likeness (QED) is 0.859. The molecule has 0 saturated carbocycles. The van der Waals surface area contributed by atoms with Gasteiger partial charge in [-0.15, -0.1) is 0 Å². The molecule has 0 spiro atoms. The summed E-state index contributed by atoms with van der Waals surface area (Å²) >= 11 is 0. The van der Waals surface area contributed by atoms with Crippen molar-refractivity contribution in [2.75, 3.05) is 6.26 Å². The summed E-state index contributed by atoms with van der Waals surface area (Å²) in [5, 5.41) is 9.37. The summed E-state index contributed by atoms with van der Waals surface area (Å²) in [6.07, 6.45) is 6.08. The van der Waals surface area contributed by atoms with E-state index < -0.39 is 9.84 Å². The van der Waals surface area contributed by atoms with E-state index in [2.05, 4.69) is 11.1 Å². The minimum atomic E-state index is -3.48. The monoisotopic (exact) mass is 336 g/mol. The maximum absolute atomic E-state index is 12.5. The zero-order chi connectivity index (χ0) is 17.2. The van der Waals surface area contributed by atoms with E-state index in [1.807, 2.05) is 24.3 Å². The highest BCUT2D eigenvalue weighted by Gasteiger charge is 2.27. The second-order valence-corrected chi connectivity index (χ2v) is 7.56. The molecule has 1 aliphatic rings. The summed E-state index contributed by atoms with van der Waals surface area (Å²) in [6.45, 7) is 0. The topological polar surface area (TPSA) is 70.8 Å². The molecule has 24 heavy (non-hydrogen) atoms. The smallest absolute Gasteiger partial charge is 0.176 e. The van der Waals surface area contributed by atoms with Gasteiger partial charge in [-0.2, -0.15) is 5.26 Å². The molecule has 0 aliphatic heterocycles. The van der Waals surface area contributed by atoms with Gasteiger partial charge in [0, 0.05) is 18.0 Å². The molecule has 2 aromatic rings. The molecule has 1 aromatic heterocycles. The highest BCUT2D eigenvalue weighted by atomic mass is 32.2. The van der Waals surface area contributed by atoms with E-state index >= 15 is 0 Å². The molecule has 4 nitrogen and oxygen atoms in total. The van der Waals surface area contributed by atoms with Crippen LogP contribution >= 0.6 is 0 Å². The molecule has 0 N–H and O–H groups in total. The average Bonchev–Trinajstić information content (AvgIpc) is 2.61. The average molecular weight is 336 g/mol. The second kappa shape index (κ2) is 6.42. The fourth-order valence-corrected chi connectivity index (χ4v) is 4.23.